The van der Waals surface area contributed by atoms with Gasteiger partial charge in [0.2, 0.25) is 11.8 Å². The number of ether oxygens (including phenoxy) is 1. The molecule has 11 heteroatoms. The second-order valence-corrected chi connectivity index (χ2v) is 12.6. The average Bonchev–Trinajstić information content (AvgIpc) is 3.75. The molecule has 6 rings (SSSR count). The molecule has 0 saturated carbocycles. The Bertz CT molecular complexity index is 1740. The van der Waals surface area contributed by atoms with Crippen molar-refractivity contribution in [3.63, 3.8) is 0 Å². The summed E-state index contributed by atoms with van der Waals surface area (Å²) in [4.78, 5) is 57.6. The summed E-state index contributed by atoms with van der Waals surface area (Å²) in [6, 6.07) is 27.5. The zero-order valence-corrected chi connectivity index (χ0v) is 27.1. The number of carbonyl (C=O) groups excluding carboxylic acids is 4. The molecule has 1 spiro atoms. The smallest absolute Gasteiger partial charge is 0.257 e. The zero-order valence-electron chi connectivity index (χ0n) is 27.1. The van der Waals surface area contributed by atoms with E-state index in [0.29, 0.717) is 30.8 Å². The largest absolute Gasteiger partial charge is 0.371 e. The summed E-state index contributed by atoms with van der Waals surface area (Å²) in [6.45, 7) is 3.58. The number of likely N-dealkylation sites (N-methyl/N-ethyl adjacent to an activating group) is 1. The highest BCUT2D eigenvalue weighted by Crippen LogP contribution is 2.45. The van der Waals surface area contributed by atoms with Gasteiger partial charge in [-0.05, 0) is 30.2 Å². The molecule has 1 aromatic heterocycles. The molecule has 3 atom stereocenters. The number of benzene rings is 3. The van der Waals surface area contributed by atoms with Crippen LogP contribution >= 0.6 is 0 Å². The number of nitrogens with one attached hydrogen (secondary N) is 2. The van der Waals surface area contributed by atoms with E-state index in [0.717, 1.165) is 11.1 Å². The first-order chi connectivity index (χ1) is 23.3. The van der Waals surface area contributed by atoms with Crippen molar-refractivity contribution in [2.24, 2.45) is 11.3 Å². The minimum atomic E-state index is -0.966. The van der Waals surface area contributed by atoms with Crippen LogP contribution in [0.1, 0.15) is 38.8 Å². The number of carbonyl (C=O) groups is 4. The quantitative estimate of drug-likeness (QED) is 0.258. The fourth-order valence-electron chi connectivity index (χ4n) is 6.64. The fraction of sp³-hybridized carbons (Fsp3) is 0.324. The van der Waals surface area contributed by atoms with E-state index in [1.54, 1.807) is 45.9 Å². The van der Waals surface area contributed by atoms with Gasteiger partial charge in [-0.15, -0.1) is 0 Å². The Balaban J connectivity index is 1.19. The van der Waals surface area contributed by atoms with Crippen LogP contribution in [0.5, 0.6) is 0 Å². The SMILES string of the molecule is CNC(=O)[C@@H](NC(=O)[C@H]1CN(C(=O)c2cnn(Cc3ccccc3)c2)CC12CN(C(=O)c1ccccc1)C2)[C@@H](C)OCc1ccccc1. The first-order valence-electron chi connectivity index (χ1n) is 16.1. The third kappa shape index (κ3) is 7.01. The molecule has 2 fully saturated rings. The van der Waals surface area contributed by atoms with Crippen LogP contribution in [0, 0.1) is 11.3 Å². The van der Waals surface area contributed by atoms with Gasteiger partial charge < -0.3 is 25.2 Å². The van der Waals surface area contributed by atoms with Crippen LogP contribution in [0.3, 0.4) is 0 Å². The molecule has 3 aromatic carbocycles. The summed E-state index contributed by atoms with van der Waals surface area (Å²) in [7, 11) is 1.51. The van der Waals surface area contributed by atoms with Crippen LogP contribution in [0.25, 0.3) is 0 Å². The number of rotatable bonds is 11. The van der Waals surface area contributed by atoms with Crippen LogP contribution in [-0.4, -0.2) is 88.6 Å². The molecule has 2 saturated heterocycles. The van der Waals surface area contributed by atoms with Gasteiger partial charge in [-0.1, -0.05) is 78.9 Å². The summed E-state index contributed by atoms with van der Waals surface area (Å²) >= 11 is 0. The molecule has 248 valence electrons. The first kappa shape index (κ1) is 32.6. The third-order valence-corrected chi connectivity index (χ3v) is 9.29. The van der Waals surface area contributed by atoms with Gasteiger partial charge in [-0.2, -0.15) is 5.10 Å². The molecule has 11 nitrogen and oxygen atoms in total. The van der Waals surface area contributed by atoms with Gasteiger partial charge >= 0.3 is 0 Å². The Hall–Kier alpha value is -5.29. The van der Waals surface area contributed by atoms with Crippen molar-refractivity contribution in [1.29, 1.82) is 0 Å². The molecule has 3 heterocycles. The standard InChI is InChI=1S/C37H40N6O5/c1-26(48-22-28-14-8-4-9-15-28)32(34(45)38-2)40-33(44)31-21-41(23-37(31)24-42(25-37)35(46)29-16-10-5-11-17-29)36(47)30-18-39-43(20-30)19-27-12-6-3-7-13-27/h3-18,20,26,31-32H,19,21-25H2,1-2H3,(H,38,45)(H,40,44)/t26-,31-,32+/m1/s1. The normalized spacial score (nSPS) is 17.8. The molecule has 0 aliphatic carbocycles. The van der Waals surface area contributed by atoms with E-state index >= 15 is 0 Å². The van der Waals surface area contributed by atoms with Gasteiger partial charge in [0.05, 0.1) is 36.9 Å². The molecular formula is C37H40N6O5. The fourth-order valence-corrected chi connectivity index (χ4v) is 6.64. The van der Waals surface area contributed by atoms with Crippen molar-refractivity contribution >= 4 is 23.6 Å². The Morgan fingerprint density at radius 1 is 0.833 bits per heavy atom. The molecule has 0 unspecified atom stereocenters. The number of aromatic nitrogens is 2. The van der Waals surface area contributed by atoms with Gasteiger partial charge in [-0.25, -0.2) is 0 Å². The van der Waals surface area contributed by atoms with Gasteiger partial charge in [0.1, 0.15) is 6.04 Å². The molecule has 2 aliphatic heterocycles. The van der Waals surface area contributed by atoms with Crippen molar-refractivity contribution < 1.29 is 23.9 Å². The Morgan fingerprint density at radius 2 is 1.42 bits per heavy atom. The number of amides is 4. The van der Waals surface area contributed by atoms with Crippen molar-refractivity contribution in [3.8, 4) is 0 Å². The van der Waals surface area contributed by atoms with E-state index in [9.17, 15) is 19.2 Å². The average molecular weight is 649 g/mol. The first-order valence-corrected chi connectivity index (χ1v) is 16.1. The molecule has 2 aliphatic rings. The Kier molecular flexibility index (Phi) is 9.67. The van der Waals surface area contributed by atoms with Gasteiger partial charge in [0, 0.05) is 50.4 Å². The van der Waals surface area contributed by atoms with Crippen LogP contribution in [0.2, 0.25) is 0 Å². The monoisotopic (exact) mass is 648 g/mol. The lowest BCUT2D eigenvalue weighted by Crippen LogP contribution is -2.65. The number of nitrogens with zero attached hydrogens (tertiary/aromatic N) is 4. The second kappa shape index (κ2) is 14.2. The molecule has 0 bridgehead atoms. The summed E-state index contributed by atoms with van der Waals surface area (Å²) in [5, 5.41) is 9.98. The topological polar surface area (TPSA) is 126 Å². The lowest BCUT2D eigenvalue weighted by atomic mass is 9.70. The Labute approximate surface area is 279 Å². The molecule has 2 N–H and O–H groups in total. The highest BCUT2D eigenvalue weighted by Gasteiger charge is 2.59. The van der Waals surface area contributed by atoms with E-state index in [-0.39, 0.29) is 43.3 Å². The van der Waals surface area contributed by atoms with Crippen molar-refractivity contribution in [1.82, 2.24) is 30.2 Å². The Morgan fingerprint density at radius 3 is 2.06 bits per heavy atom. The molecule has 4 amide bonds. The summed E-state index contributed by atoms with van der Waals surface area (Å²) in [5.41, 5.74) is 2.31. The highest BCUT2D eigenvalue weighted by molar-refractivity contribution is 5.97. The molecular weight excluding hydrogens is 608 g/mol. The van der Waals surface area contributed by atoms with E-state index in [2.05, 4.69) is 15.7 Å². The molecule has 48 heavy (non-hydrogen) atoms. The maximum atomic E-state index is 14.1. The minimum absolute atomic E-state index is 0.126. The van der Waals surface area contributed by atoms with E-state index in [1.807, 2.05) is 78.9 Å². The van der Waals surface area contributed by atoms with Crippen LogP contribution in [-0.2, 0) is 27.5 Å². The van der Waals surface area contributed by atoms with Crippen molar-refractivity contribution in [3.05, 3.63) is 126 Å². The number of hydrogen-bond acceptors (Lipinski definition) is 6. The third-order valence-electron chi connectivity index (χ3n) is 9.29. The lowest BCUT2D eigenvalue weighted by molar-refractivity contribution is -0.138. The van der Waals surface area contributed by atoms with E-state index in [4.69, 9.17) is 4.74 Å². The van der Waals surface area contributed by atoms with Crippen LogP contribution in [0.15, 0.2) is 103 Å². The molecule has 4 aromatic rings. The lowest BCUT2D eigenvalue weighted by Gasteiger charge is -2.50. The van der Waals surface area contributed by atoms with Crippen LogP contribution < -0.4 is 10.6 Å². The highest BCUT2D eigenvalue weighted by atomic mass is 16.5. The second-order valence-electron chi connectivity index (χ2n) is 12.6. The summed E-state index contributed by atoms with van der Waals surface area (Å²) < 4.78 is 7.74. The predicted octanol–water partition coefficient (Wildman–Crippen LogP) is 2.98. The number of hydrogen-bond donors (Lipinski definition) is 2. The van der Waals surface area contributed by atoms with Gasteiger partial charge in [0.25, 0.3) is 11.8 Å². The molecule has 0 radical (unpaired) electrons. The number of likely N-dealkylation sites (tertiary alicyclic amines) is 2. The van der Waals surface area contributed by atoms with Crippen LogP contribution in [0.4, 0.5) is 0 Å². The maximum Gasteiger partial charge on any atom is 0.257 e. The predicted molar refractivity (Wildman–Crippen MR) is 179 cm³/mol. The summed E-state index contributed by atoms with van der Waals surface area (Å²) in [6.07, 6.45) is 2.62. The minimum Gasteiger partial charge on any atom is -0.371 e. The van der Waals surface area contributed by atoms with Crippen molar-refractivity contribution in [2.75, 3.05) is 33.2 Å². The van der Waals surface area contributed by atoms with Gasteiger partial charge in [0.15, 0.2) is 0 Å². The van der Waals surface area contributed by atoms with E-state index < -0.39 is 23.5 Å². The van der Waals surface area contributed by atoms with Gasteiger partial charge in [-0.3, -0.25) is 23.9 Å². The summed E-state index contributed by atoms with van der Waals surface area (Å²) in [5.74, 6) is -1.77. The van der Waals surface area contributed by atoms with Crippen molar-refractivity contribution in [2.45, 2.75) is 32.2 Å². The maximum absolute atomic E-state index is 14.1. The van der Waals surface area contributed by atoms with E-state index in [1.165, 1.54) is 7.05 Å². The zero-order chi connectivity index (χ0) is 33.7.